The van der Waals surface area contributed by atoms with E-state index in [4.69, 9.17) is 61.0 Å². The van der Waals surface area contributed by atoms with Gasteiger partial charge in [-0.15, -0.1) is 0 Å². The molecule has 7 N–H and O–H groups in total. The van der Waals surface area contributed by atoms with Crippen LogP contribution >= 0.6 is 46.4 Å². The Balaban J connectivity index is 0.000000216. The van der Waals surface area contributed by atoms with Crippen LogP contribution in [0.4, 0.5) is 47.3 Å². The van der Waals surface area contributed by atoms with Crippen LogP contribution in [-0.2, 0) is 68.0 Å². The first-order valence-electron chi connectivity index (χ1n) is 38.4. The highest BCUT2D eigenvalue weighted by atomic mass is 35.5. The van der Waals surface area contributed by atoms with Crippen LogP contribution in [0.15, 0.2) is 176 Å². The van der Waals surface area contributed by atoms with Crippen molar-refractivity contribution in [3.05, 3.63) is 262 Å². The van der Waals surface area contributed by atoms with E-state index in [-0.39, 0.29) is 189 Å². The second-order valence-electron chi connectivity index (χ2n) is 28.8. The summed E-state index contributed by atoms with van der Waals surface area (Å²) in [5.74, 6) is -6.12. The number of phenols is 2. The van der Waals surface area contributed by atoms with Gasteiger partial charge in [-0.25, -0.2) is 35.9 Å². The largest absolute Gasteiger partial charge is 0.519 e. The summed E-state index contributed by atoms with van der Waals surface area (Å²) < 4.78 is 103. The van der Waals surface area contributed by atoms with Crippen molar-refractivity contribution in [3.63, 3.8) is 0 Å². The molecule has 6 atom stereocenters. The zero-order chi connectivity index (χ0) is 93.2. The Kier molecular flexibility index (Phi) is 35.7. The van der Waals surface area contributed by atoms with Crippen molar-refractivity contribution >= 4 is 163 Å². The molecule has 11 aromatic rings. The molecule has 3 aromatic heterocycles. The number of halogens is 10. The lowest BCUT2D eigenvalue weighted by molar-refractivity contribution is -0.385. The minimum absolute atomic E-state index is 0. The number of ether oxygens (including phenoxy) is 3. The first-order chi connectivity index (χ1) is 60.7. The van der Waals surface area contributed by atoms with Crippen LogP contribution in [-0.4, -0.2) is 178 Å². The molecule has 8 aromatic carbocycles. The molecule has 6 heterocycles. The number of carboxylic acid groups (broad SMARTS) is 1. The van der Waals surface area contributed by atoms with Gasteiger partial charge in [-0.1, -0.05) is 78.6 Å². The van der Waals surface area contributed by atoms with Gasteiger partial charge in [0.05, 0.1) is 60.6 Å². The number of Topliss-reactive ketones (excluding diaryl/α,β-unsaturated/α-hetero) is 3. The van der Waals surface area contributed by atoms with Gasteiger partial charge in [0.25, 0.3) is 11.4 Å². The molecular weight excluding hydrogens is 1800 g/mol. The average Bonchev–Trinajstić information content (AvgIpc) is 1.64. The minimum Gasteiger partial charge on any atom is -0.508 e. The fraction of sp³-hybridized carbons (Fsp3) is 0.253. The molecule has 0 spiro atoms. The van der Waals surface area contributed by atoms with Gasteiger partial charge in [-0.05, 0) is 99.6 Å². The first kappa shape index (κ1) is 102. The molecule has 0 aliphatic carbocycles. The number of aliphatic carboxylic acids is 1. The number of benzene rings is 8. The molecule has 3 aliphatic rings. The highest BCUT2D eigenvalue weighted by molar-refractivity contribution is 6.61. The van der Waals surface area contributed by atoms with E-state index in [0.717, 1.165) is 21.9 Å². The summed E-state index contributed by atoms with van der Waals surface area (Å²) in [5.41, 5.74) is 1.80. The molecule has 14 rings (SSSR count). The van der Waals surface area contributed by atoms with E-state index >= 15 is 0 Å². The minimum atomic E-state index is -1.47. The molecule has 681 valence electrons. The highest BCUT2D eigenvalue weighted by Gasteiger charge is 2.42. The Morgan fingerprint density at radius 2 is 0.823 bits per heavy atom. The van der Waals surface area contributed by atoms with Gasteiger partial charge < -0.3 is 74.3 Å². The molecule has 32 nitrogen and oxygen atoms in total. The molecule has 5 amide bonds. The molecule has 0 saturated carbocycles. The number of alkyl halides is 3. The summed E-state index contributed by atoms with van der Waals surface area (Å²) in [6.07, 6.45) is -0.842. The molecule has 0 unspecified atom stereocenters. The number of carboxylic acids is 1. The van der Waals surface area contributed by atoms with E-state index in [9.17, 15) is 110 Å². The lowest BCUT2D eigenvalue weighted by Gasteiger charge is -2.24. The predicted molar refractivity (Wildman–Crippen MR) is 465 cm³/mol. The van der Waals surface area contributed by atoms with Crippen molar-refractivity contribution in [1.29, 1.82) is 0 Å². The third-order valence-corrected chi connectivity index (χ3v) is 20.9. The van der Waals surface area contributed by atoms with E-state index in [1.54, 1.807) is 30.3 Å². The van der Waals surface area contributed by atoms with E-state index in [1.165, 1.54) is 168 Å². The number of nitro groups is 2. The number of rotatable bonds is 23. The quantitative estimate of drug-likeness (QED) is 0.00457. The molecule has 3 saturated heterocycles. The van der Waals surface area contributed by atoms with Crippen LogP contribution < -0.4 is 35.5 Å². The predicted octanol–water partition coefficient (Wildman–Crippen LogP) is 15.0. The number of aromatic nitrogens is 3. The van der Waals surface area contributed by atoms with Crippen molar-refractivity contribution < 1.29 is 118 Å². The van der Waals surface area contributed by atoms with Crippen molar-refractivity contribution in [3.8, 4) is 28.7 Å². The summed E-state index contributed by atoms with van der Waals surface area (Å²) in [7, 11) is 0. The van der Waals surface area contributed by atoms with Crippen molar-refractivity contribution in [1.82, 2.24) is 44.8 Å². The Bertz CT molecular complexity index is 6130. The fourth-order valence-corrected chi connectivity index (χ4v) is 14.5. The number of phenolic OH excluding ortho intramolecular Hbond substituents is 2. The monoisotopic (exact) mass is 1880 g/mol. The Morgan fingerprint density at radius 1 is 0.477 bits per heavy atom. The van der Waals surface area contributed by atoms with E-state index in [0.29, 0.717) is 49.4 Å². The number of ketones is 3. The molecule has 0 bridgehead atoms. The fourth-order valence-electron chi connectivity index (χ4n) is 13.8. The molecule has 3 fully saturated rings. The smallest absolute Gasteiger partial charge is 0.508 e. The number of hydrogen-bond donors (Lipinski definition) is 7. The normalized spacial score (nSPS) is 15.8. The number of nitro benzene ring substituents is 2. The number of likely N-dealkylation sites (tertiary alicyclic amines) is 2. The first-order valence-corrected chi connectivity index (χ1v) is 39.9. The number of amides is 5. The summed E-state index contributed by atoms with van der Waals surface area (Å²) >= 11 is 22.1. The zero-order valence-corrected chi connectivity index (χ0v) is 70.9. The third-order valence-electron chi connectivity index (χ3n) is 19.9. The van der Waals surface area contributed by atoms with Gasteiger partial charge in [-0.2, -0.15) is 0 Å². The van der Waals surface area contributed by atoms with Crippen LogP contribution in [0.3, 0.4) is 0 Å². The van der Waals surface area contributed by atoms with Crippen LogP contribution in [0, 0.1) is 37.7 Å². The Morgan fingerprint density at radius 3 is 1.18 bits per heavy atom. The summed E-state index contributed by atoms with van der Waals surface area (Å²) in [4.78, 5) is 155. The Labute approximate surface area is 756 Å². The van der Waals surface area contributed by atoms with E-state index in [1.807, 2.05) is 0 Å². The lowest BCUT2D eigenvalue weighted by atomic mass is 10.1. The number of non-ortho nitro benzene ring substituents is 2. The second-order valence-corrected chi connectivity index (χ2v) is 30.4. The number of hydrogen-bond acceptors (Lipinski definition) is 21. The van der Waals surface area contributed by atoms with Crippen molar-refractivity contribution in [2.45, 2.75) is 123 Å². The van der Waals surface area contributed by atoms with E-state index < -0.39 is 105 Å². The lowest BCUT2D eigenvalue weighted by Crippen LogP contribution is -2.46. The van der Waals surface area contributed by atoms with Crippen molar-refractivity contribution in [2.75, 3.05) is 19.6 Å². The van der Waals surface area contributed by atoms with Crippen LogP contribution in [0.5, 0.6) is 28.7 Å². The second kappa shape index (κ2) is 45.7. The van der Waals surface area contributed by atoms with Crippen molar-refractivity contribution in [2.24, 2.45) is 0 Å². The topological polar surface area (TPSA) is 432 Å². The maximum Gasteiger partial charge on any atom is 0.519 e. The molecular formula is C87H79BCl4F6N11O21. The average molecular weight is 1880 g/mol. The third kappa shape index (κ3) is 26.4. The number of nitrogens with zero attached hydrogens (tertiary/aromatic N) is 7. The SMILES string of the molecule is C.CC(=O)c1cn(CC(=O)N2C[C@H](F)C[C@H]2C(=O)NCc2cccc(Cl)c2F)c2cc(O)ccc12.CC(=O)c1cn(CC(=O)N2C[C@H](F)C[C@H]2C(=O)NCc2cccc(Cl)c2F)c2cc(OC(=O)Oc3ccc([N+](=O)[O-])cc3)ccc12.CC(=O)c1cn(CC(=O)O)c2cc(O)ccc12.O=C(Cl)Oc1ccc([N+](=O)[O-])cc1.O=C(NCc1cccc(Cl)c1F)[C@@H]1C[C@@H](F)CN1.[B]. The molecule has 3 aliphatic heterocycles. The Hall–Kier alpha value is -13.9. The molecule has 3 radical (unpaired) electrons. The number of nitrogens with one attached hydrogen (secondary N) is 4. The highest BCUT2D eigenvalue weighted by Crippen LogP contribution is 2.33. The van der Waals surface area contributed by atoms with Crippen LogP contribution in [0.1, 0.15) is 95.2 Å². The number of fused-ring (bicyclic) bond motifs is 3. The molecule has 43 heteroatoms. The summed E-state index contributed by atoms with van der Waals surface area (Å²) in [6, 6.07) is 33.6. The standard InChI is InChI=1S/C31H25ClF2N4O8.C24H22ClF2N3O4.C12H13ClF2N2O.C12H11NO4.C7H4ClNO4.CH4.B/c1-17(39)24-15-36(26-12-22(9-10-23(24)26)46-31(42)45-21-7-5-20(6-8-21)38(43)44)16-28(40)37-14-19(33)11-27(37)30(41)35-13-18-3-2-4-25(32)29(18)34;1-13(31)18-11-29(20-8-16(32)5-6-17(18)20)12-22(33)30-10-15(26)7-21(30)24(34)28-9-14-3-2-4-19(25)23(14)27;13-9-3-1-2-7(11(9)15)5-17-12(18)10-4-8(14)6-16-10;1-7(14)10-5-13(6-12(16)17)11-4-8(15)2-3-9(10)11;8-7(10)13-6-3-1-5(2-4-6)9(11)12;;/h2-10,12,15,19,27H,11,13-14,16H2,1H3,(H,35,41);2-6,8,11,15,21,32H,7,9-10,12H2,1H3,(H,28,34);1-3,8,10,16H,4-6H2,(H,17,18);2-5,15H,6H2,1H3,(H,16,17);1-4H;1H4;/t19-,27+;15-,21+;8-,10+;;;;/m111..../s1. The van der Waals surface area contributed by atoms with Crippen LogP contribution in [0.25, 0.3) is 32.7 Å². The number of carbonyl (C=O) groups excluding carboxylic acids is 10. The van der Waals surface area contributed by atoms with Crippen LogP contribution in [0.2, 0.25) is 15.1 Å². The van der Waals surface area contributed by atoms with E-state index in [2.05, 4.69) is 26.0 Å². The van der Waals surface area contributed by atoms with Gasteiger partial charge in [0, 0.05) is 176 Å². The van der Waals surface area contributed by atoms with Gasteiger partial charge in [0.15, 0.2) is 17.3 Å². The number of carbonyl (C=O) groups is 11. The zero-order valence-electron chi connectivity index (χ0n) is 67.9. The summed E-state index contributed by atoms with van der Waals surface area (Å²) in [5, 5.41) is 61.0. The van der Waals surface area contributed by atoms with Gasteiger partial charge in [-0.3, -0.25) is 63.4 Å². The van der Waals surface area contributed by atoms with Gasteiger partial charge in [0.1, 0.15) is 96.4 Å². The maximum atomic E-state index is 14.5. The number of aromatic hydroxyl groups is 2. The maximum absolute atomic E-state index is 14.5. The van der Waals surface area contributed by atoms with Gasteiger partial charge in [0.2, 0.25) is 29.5 Å². The summed E-state index contributed by atoms with van der Waals surface area (Å²) in [6.45, 7) is 2.51. The molecule has 130 heavy (non-hydrogen) atoms. The van der Waals surface area contributed by atoms with Gasteiger partial charge >= 0.3 is 17.6 Å².